The first-order valence-electron chi connectivity index (χ1n) is 17.0. The van der Waals surface area contributed by atoms with Crippen molar-refractivity contribution in [3.05, 3.63) is 169 Å². The molecule has 1 heterocycles. The standard InChI is InChI=1S/C47H32N2/c1-47(2)42-26-35(46-48-22-9-23-49-46)20-21-36(42)39-27-40-41(28-43(39)47)45(34-19-17-30-11-4-6-13-32(30)25-34)38-15-8-7-14-37(38)44(40)33-18-16-29-10-3-5-12-31(29)24-33/h3-28H,1-2H3. The molecule has 2 nitrogen and oxygen atoms in total. The summed E-state index contributed by atoms with van der Waals surface area (Å²) in [4.78, 5) is 9.14. The van der Waals surface area contributed by atoms with Crippen molar-refractivity contribution >= 4 is 43.1 Å². The lowest BCUT2D eigenvalue weighted by Crippen LogP contribution is -2.15. The van der Waals surface area contributed by atoms with E-state index >= 15 is 0 Å². The molecular weight excluding hydrogens is 593 g/mol. The second-order valence-corrected chi connectivity index (χ2v) is 13.8. The number of benzene rings is 8. The van der Waals surface area contributed by atoms with Gasteiger partial charge in [-0.15, -0.1) is 0 Å². The van der Waals surface area contributed by atoms with Crippen LogP contribution in [0.4, 0.5) is 0 Å². The van der Waals surface area contributed by atoms with Crippen molar-refractivity contribution in [1.82, 2.24) is 9.97 Å². The molecule has 1 aliphatic rings. The summed E-state index contributed by atoms with van der Waals surface area (Å²) in [6.07, 6.45) is 3.63. The SMILES string of the molecule is CC1(C)c2cc(-c3ncccn3)ccc2-c2cc3c(-c4ccc5ccccc5c4)c4ccccc4c(-c4ccc5ccccc5c4)c3cc21. The number of rotatable bonds is 3. The van der Waals surface area contributed by atoms with E-state index in [1.807, 2.05) is 18.5 Å². The molecule has 0 unspecified atom stereocenters. The molecule has 8 aromatic carbocycles. The fraction of sp³-hybridized carbons (Fsp3) is 0.0638. The summed E-state index contributed by atoms with van der Waals surface area (Å²) >= 11 is 0. The van der Waals surface area contributed by atoms with Crippen LogP contribution in [0, 0.1) is 0 Å². The molecule has 230 valence electrons. The van der Waals surface area contributed by atoms with Crippen molar-refractivity contribution in [3.63, 3.8) is 0 Å². The fourth-order valence-electron chi connectivity index (χ4n) is 8.30. The Hall–Kier alpha value is -6.12. The van der Waals surface area contributed by atoms with Gasteiger partial charge in [0, 0.05) is 23.4 Å². The molecule has 1 aromatic heterocycles. The maximum Gasteiger partial charge on any atom is 0.159 e. The minimum absolute atomic E-state index is 0.209. The Balaban J connectivity index is 1.33. The van der Waals surface area contributed by atoms with Crippen molar-refractivity contribution in [3.8, 4) is 44.8 Å². The Kier molecular flexibility index (Phi) is 5.95. The average Bonchev–Trinajstić information content (AvgIpc) is 3.37. The summed E-state index contributed by atoms with van der Waals surface area (Å²) in [6.45, 7) is 4.72. The molecule has 10 rings (SSSR count). The summed E-state index contributed by atoms with van der Waals surface area (Å²) in [5.41, 5.74) is 11.1. The summed E-state index contributed by atoms with van der Waals surface area (Å²) in [5.74, 6) is 0.755. The molecule has 9 aromatic rings. The first-order valence-corrected chi connectivity index (χ1v) is 17.0. The monoisotopic (exact) mass is 624 g/mol. The highest BCUT2D eigenvalue weighted by Crippen LogP contribution is 2.54. The number of hydrogen-bond donors (Lipinski definition) is 0. The Morgan fingerprint density at radius 3 is 1.51 bits per heavy atom. The molecule has 0 fully saturated rings. The average molecular weight is 625 g/mol. The van der Waals surface area contributed by atoms with Gasteiger partial charge in [0.25, 0.3) is 0 Å². The van der Waals surface area contributed by atoms with Gasteiger partial charge in [-0.25, -0.2) is 9.97 Å². The van der Waals surface area contributed by atoms with Gasteiger partial charge in [-0.2, -0.15) is 0 Å². The maximum atomic E-state index is 4.57. The number of nitrogens with zero attached hydrogens (tertiary/aromatic N) is 2. The van der Waals surface area contributed by atoms with Crippen LogP contribution in [0.3, 0.4) is 0 Å². The van der Waals surface area contributed by atoms with Crippen LogP contribution in [-0.4, -0.2) is 9.97 Å². The van der Waals surface area contributed by atoms with Gasteiger partial charge in [-0.1, -0.05) is 123 Å². The first-order chi connectivity index (χ1) is 24.0. The van der Waals surface area contributed by atoms with E-state index in [-0.39, 0.29) is 5.41 Å². The van der Waals surface area contributed by atoms with Gasteiger partial charge < -0.3 is 0 Å². The Morgan fingerprint density at radius 2 is 0.898 bits per heavy atom. The molecule has 0 saturated carbocycles. The van der Waals surface area contributed by atoms with E-state index in [2.05, 4.69) is 163 Å². The predicted octanol–water partition coefficient (Wildman–Crippen LogP) is 12.4. The van der Waals surface area contributed by atoms with Crippen molar-refractivity contribution in [2.45, 2.75) is 19.3 Å². The third-order valence-electron chi connectivity index (χ3n) is 10.7. The second kappa shape index (κ2) is 10.4. The highest BCUT2D eigenvalue weighted by molar-refractivity contribution is 6.23. The van der Waals surface area contributed by atoms with Crippen molar-refractivity contribution in [2.75, 3.05) is 0 Å². The van der Waals surface area contributed by atoms with Gasteiger partial charge in [0.05, 0.1) is 0 Å². The minimum Gasteiger partial charge on any atom is -0.237 e. The molecule has 0 saturated heterocycles. The van der Waals surface area contributed by atoms with Crippen LogP contribution in [0.25, 0.3) is 87.9 Å². The van der Waals surface area contributed by atoms with E-state index in [0.29, 0.717) is 0 Å². The Bertz CT molecular complexity index is 2790. The third-order valence-corrected chi connectivity index (χ3v) is 10.7. The zero-order valence-electron chi connectivity index (χ0n) is 27.4. The molecular formula is C47H32N2. The third kappa shape index (κ3) is 4.20. The van der Waals surface area contributed by atoms with Gasteiger partial charge in [0.15, 0.2) is 5.82 Å². The highest BCUT2D eigenvalue weighted by Gasteiger charge is 2.37. The van der Waals surface area contributed by atoms with Crippen LogP contribution in [0.15, 0.2) is 158 Å². The van der Waals surface area contributed by atoms with Gasteiger partial charge in [-0.3, -0.25) is 0 Å². The summed E-state index contributed by atoms with van der Waals surface area (Å²) in [5, 5.41) is 10.1. The summed E-state index contributed by atoms with van der Waals surface area (Å²) < 4.78 is 0. The lowest BCUT2D eigenvalue weighted by Gasteiger charge is -2.24. The maximum absolute atomic E-state index is 4.57. The largest absolute Gasteiger partial charge is 0.237 e. The van der Waals surface area contributed by atoms with E-state index in [9.17, 15) is 0 Å². The van der Waals surface area contributed by atoms with E-state index in [1.54, 1.807) is 0 Å². The Morgan fingerprint density at radius 1 is 0.388 bits per heavy atom. The van der Waals surface area contributed by atoms with Crippen molar-refractivity contribution < 1.29 is 0 Å². The van der Waals surface area contributed by atoms with E-state index in [0.717, 1.165) is 11.4 Å². The molecule has 1 aliphatic carbocycles. The normalized spacial score (nSPS) is 13.3. The Labute approximate surface area is 285 Å². The van der Waals surface area contributed by atoms with E-state index in [4.69, 9.17) is 0 Å². The lowest BCUT2D eigenvalue weighted by atomic mass is 9.79. The molecule has 0 bridgehead atoms. The summed E-state index contributed by atoms with van der Waals surface area (Å²) in [6, 6.07) is 53.8. The van der Waals surface area contributed by atoms with E-state index in [1.165, 1.54) is 87.6 Å². The fourth-order valence-corrected chi connectivity index (χ4v) is 8.30. The van der Waals surface area contributed by atoms with E-state index < -0.39 is 0 Å². The van der Waals surface area contributed by atoms with Crippen molar-refractivity contribution in [1.29, 1.82) is 0 Å². The summed E-state index contributed by atoms with van der Waals surface area (Å²) in [7, 11) is 0. The number of fused-ring (bicyclic) bond motifs is 7. The van der Waals surface area contributed by atoms with Crippen LogP contribution in [0.5, 0.6) is 0 Å². The van der Waals surface area contributed by atoms with Crippen molar-refractivity contribution in [2.24, 2.45) is 0 Å². The molecule has 49 heavy (non-hydrogen) atoms. The number of aromatic nitrogens is 2. The van der Waals surface area contributed by atoms with Gasteiger partial charge in [0.2, 0.25) is 0 Å². The van der Waals surface area contributed by atoms with Crippen LogP contribution in [0.2, 0.25) is 0 Å². The van der Waals surface area contributed by atoms with Gasteiger partial charge in [0.1, 0.15) is 0 Å². The molecule has 0 spiro atoms. The van der Waals surface area contributed by atoms with Crippen LogP contribution in [0.1, 0.15) is 25.0 Å². The lowest BCUT2D eigenvalue weighted by molar-refractivity contribution is 0.661. The smallest absolute Gasteiger partial charge is 0.159 e. The molecule has 0 radical (unpaired) electrons. The molecule has 0 aliphatic heterocycles. The zero-order valence-corrected chi connectivity index (χ0v) is 27.4. The van der Waals surface area contributed by atoms with Crippen LogP contribution < -0.4 is 0 Å². The minimum atomic E-state index is -0.209. The first kappa shape index (κ1) is 27.9. The van der Waals surface area contributed by atoms with Crippen LogP contribution >= 0.6 is 0 Å². The second-order valence-electron chi connectivity index (χ2n) is 13.8. The number of hydrogen-bond acceptors (Lipinski definition) is 2. The molecule has 0 atom stereocenters. The highest BCUT2D eigenvalue weighted by atomic mass is 14.8. The molecule has 0 amide bonds. The van der Waals surface area contributed by atoms with Gasteiger partial charge >= 0.3 is 0 Å². The topological polar surface area (TPSA) is 25.8 Å². The zero-order chi connectivity index (χ0) is 32.7. The van der Waals surface area contributed by atoms with Crippen LogP contribution in [-0.2, 0) is 5.41 Å². The van der Waals surface area contributed by atoms with Gasteiger partial charge in [-0.05, 0) is 124 Å². The molecule has 2 heteroatoms. The molecule has 0 N–H and O–H groups in total. The quantitative estimate of drug-likeness (QED) is 0.183. The predicted molar refractivity (Wildman–Crippen MR) is 206 cm³/mol.